The van der Waals surface area contributed by atoms with Gasteiger partial charge in [-0.15, -0.1) is 0 Å². The number of carbonyl (C=O) groups is 2. The molecule has 0 saturated carbocycles. The number of halogens is 2. The van der Waals surface area contributed by atoms with Crippen molar-refractivity contribution in [3.05, 3.63) is 33.1 Å². The molecular weight excluding hydrogens is 396 g/mol. The molecule has 0 bridgehead atoms. The van der Waals surface area contributed by atoms with Crippen LogP contribution in [-0.4, -0.2) is 46.0 Å². The van der Waals surface area contributed by atoms with Gasteiger partial charge in [-0.3, -0.25) is 9.59 Å². The van der Waals surface area contributed by atoms with Crippen LogP contribution in [0.1, 0.15) is 16.8 Å². The minimum Gasteiger partial charge on any atom is -0.481 e. The fourth-order valence-corrected chi connectivity index (χ4v) is 3.88. The fourth-order valence-electron chi connectivity index (χ4n) is 2.11. The Balaban J connectivity index is 2.22. The average Bonchev–Trinajstić information content (AvgIpc) is 2.38. The fraction of sp³-hybridized carbons (Fsp3) is 0.385. The van der Waals surface area contributed by atoms with Crippen LogP contribution < -0.4 is 0 Å². The normalized spacial score (nSPS) is 18.9. The monoisotopic (exact) mass is 409 g/mol. The Kier molecular flexibility index (Phi) is 5.25. The van der Waals surface area contributed by atoms with Crippen LogP contribution in [0.15, 0.2) is 18.2 Å². The van der Waals surface area contributed by atoms with Gasteiger partial charge in [-0.2, -0.15) is 11.8 Å². The highest BCUT2D eigenvalue weighted by atomic mass is 127. The highest BCUT2D eigenvalue weighted by molar-refractivity contribution is 14.1. The summed E-state index contributed by atoms with van der Waals surface area (Å²) in [6.07, 6.45) is -0.0590. The number of carboxylic acids is 1. The van der Waals surface area contributed by atoms with Crippen LogP contribution in [0.2, 0.25) is 0 Å². The Hall–Kier alpha value is -0.830. The molecule has 0 aliphatic carbocycles. The zero-order chi connectivity index (χ0) is 14.7. The summed E-state index contributed by atoms with van der Waals surface area (Å²) in [6, 6.07) is 3.71. The molecule has 1 aliphatic heterocycles. The molecule has 108 valence electrons. The van der Waals surface area contributed by atoms with Crippen molar-refractivity contribution in [2.24, 2.45) is 0 Å². The molecule has 1 aliphatic rings. The smallest absolute Gasteiger partial charge is 0.305 e. The summed E-state index contributed by atoms with van der Waals surface area (Å²) < 4.78 is 13.6. The van der Waals surface area contributed by atoms with Crippen molar-refractivity contribution in [1.82, 2.24) is 4.90 Å². The summed E-state index contributed by atoms with van der Waals surface area (Å²) >= 11 is 3.57. The lowest BCUT2D eigenvalue weighted by Gasteiger charge is -2.34. The topological polar surface area (TPSA) is 57.6 Å². The van der Waals surface area contributed by atoms with Crippen LogP contribution in [0.3, 0.4) is 0 Å². The van der Waals surface area contributed by atoms with E-state index in [1.165, 1.54) is 18.2 Å². The molecule has 1 amide bonds. The van der Waals surface area contributed by atoms with E-state index >= 15 is 0 Å². The first-order chi connectivity index (χ1) is 9.49. The maximum absolute atomic E-state index is 13.1. The molecule has 0 radical (unpaired) electrons. The molecule has 2 rings (SSSR count). The van der Waals surface area contributed by atoms with Gasteiger partial charge in [0.15, 0.2) is 0 Å². The van der Waals surface area contributed by atoms with E-state index in [1.54, 1.807) is 16.7 Å². The molecule has 0 aromatic heterocycles. The van der Waals surface area contributed by atoms with Gasteiger partial charge in [-0.1, -0.05) is 0 Å². The third-order valence-corrected chi connectivity index (χ3v) is 5.04. The zero-order valence-electron chi connectivity index (χ0n) is 10.5. The van der Waals surface area contributed by atoms with Gasteiger partial charge in [0.1, 0.15) is 5.82 Å². The molecule has 20 heavy (non-hydrogen) atoms. The number of benzene rings is 1. The Morgan fingerprint density at radius 2 is 2.25 bits per heavy atom. The largest absolute Gasteiger partial charge is 0.481 e. The molecule has 0 spiro atoms. The van der Waals surface area contributed by atoms with Gasteiger partial charge in [-0.25, -0.2) is 4.39 Å². The van der Waals surface area contributed by atoms with Gasteiger partial charge < -0.3 is 10.0 Å². The average molecular weight is 409 g/mol. The van der Waals surface area contributed by atoms with E-state index in [1.807, 2.05) is 22.6 Å². The molecule has 1 aromatic carbocycles. The molecule has 1 atom stereocenters. The number of carbonyl (C=O) groups excluding carboxylic acids is 1. The minimum absolute atomic E-state index is 0.0590. The number of thioether (sulfide) groups is 1. The summed E-state index contributed by atoms with van der Waals surface area (Å²) in [5.41, 5.74) is 0.425. The Labute approximate surface area is 133 Å². The predicted molar refractivity (Wildman–Crippen MR) is 83.5 cm³/mol. The zero-order valence-corrected chi connectivity index (χ0v) is 13.5. The molecule has 1 aromatic rings. The van der Waals surface area contributed by atoms with Crippen LogP contribution in [0.25, 0.3) is 0 Å². The number of aliphatic carboxylic acids is 1. The Bertz CT molecular complexity index is 540. The van der Waals surface area contributed by atoms with Crippen molar-refractivity contribution >= 4 is 46.2 Å². The first kappa shape index (κ1) is 15.6. The number of rotatable bonds is 3. The maximum Gasteiger partial charge on any atom is 0.305 e. The van der Waals surface area contributed by atoms with E-state index < -0.39 is 5.97 Å². The van der Waals surface area contributed by atoms with Crippen molar-refractivity contribution in [2.45, 2.75) is 12.5 Å². The van der Waals surface area contributed by atoms with Gasteiger partial charge in [0.2, 0.25) is 0 Å². The number of hydrogen-bond donors (Lipinski definition) is 1. The second kappa shape index (κ2) is 6.75. The maximum atomic E-state index is 13.1. The molecule has 1 unspecified atom stereocenters. The van der Waals surface area contributed by atoms with Crippen LogP contribution in [0.4, 0.5) is 4.39 Å². The van der Waals surface area contributed by atoms with Crippen molar-refractivity contribution in [1.29, 1.82) is 0 Å². The van der Waals surface area contributed by atoms with E-state index in [-0.39, 0.29) is 24.2 Å². The van der Waals surface area contributed by atoms with E-state index in [0.717, 1.165) is 5.75 Å². The molecular formula is C13H13FINO3S. The lowest BCUT2D eigenvalue weighted by molar-refractivity contribution is -0.138. The molecule has 7 heteroatoms. The molecule has 1 N–H and O–H groups in total. The Morgan fingerprint density at radius 1 is 1.50 bits per heavy atom. The van der Waals surface area contributed by atoms with Gasteiger partial charge in [-0.05, 0) is 40.8 Å². The van der Waals surface area contributed by atoms with Crippen molar-refractivity contribution < 1.29 is 19.1 Å². The first-order valence-electron chi connectivity index (χ1n) is 6.04. The summed E-state index contributed by atoms with van der Waals surface area (Å²) in [7, 11) is 0. The quantitative estimate of drug-likeness (QED) is 0.780. The molecule has 1 heterocycles. The second-order valence-electron chi connectivity index (χ2n) is 4.45. The first-order valence-corrected chi connectivity index (χ1v) is 8.28. The standard InChI is InChI=1S/C13H13FINO3S/c14-8-1-2-10(11(15)5-8)13(19)16-3-4-20-7-9(16)6-12(17)18/h1-2,5,9H,3-4,6-7H2,(H,17,18). The number of carboxylic acid groups (broad SMARTS) is 1. The second-order valence-corrected chi connectivity index (χ2v) is 6.76. The number of hydrogen-bond acceptors (Lipinski definition) is 3. The SMILES string of the molecule is O=C(O)CC1CSCCN1C(=O)c1ccc(F)cc1I. The minimum atomic E-state index is -0.913. The number of nitrogens with zero attached hydrogens (tertiary/aromatic N) is 1. The van der Waals surface area contributed by atoms with Crippen molar-refractivity contribution in [2.75, 3.05) is 18.1 Å². The van der Waals surface area contributed by atoms with E-state index in [0.29, 0.717) is 21.4 Å². The highest BCUT2D eigenvalue weighted by Gasteiger charge is 2.30. The van der Waals surface area contributed by atoms with Gasteiger partial charge in [0.05, 0.1) is 18.0 Å². The lowest BCUT2D eigenvalue weighted by atomic mass is 10.1. The van der Waals surface area contributed by atoms with E-state index in [9.17, 15) is 14.0 Å². The van der Waals surface area contributed by atoms with Crippen molar-refractivity contribution in [3.63, 3.8) is 0 Å². The molecule has 1 saturated heterocycles. The van der Waals surface area contributed by atoms with E-state index in [4.69, 9.17) is 5.11 Å². The van der Waals surface area contributed by atoms with Crippen LogP contribution in [0, 0.1) is 9.39 Å². The molecule has 1 fully saturated rings. The summed E-state index contributed by atoms with van der Waals surface area (Å²) in [5, 5.41) is 8.93. The van der Waals surface area contributed by atoms with Gasteiger partial charge >= 0.3 is 5.97 Å². The lowest BCUT2D eigenvalue weighted by Crippen LogP contribution is -2.47. The Morgan fingerprint density at radius 3 is 2.90 bits per heavy atom. The highest BCUT2D eigenvalue weighted by Crippen LogP contribution is 2.23. The summed E-state index contributed by atoms with van der Waals surface area (Å²) in [5.74, 6) is -0.109. The van der Waals surface area contributed by atoms with Gasteiger partial charge in [0.25, 0.3) is 5.91 Å². The molecule has 4 nitrogen and oxygen atoms in total. The summed E-state index contributed by atoms with van der Waals surface area (Å²) in [6.45, 7) is 0.523. The van der Waals surface area contributed by atoms with Gasteiger partial charge in [0, 0.05) is 21.6 Å². The summed E-state index contributed by atoms with van der Waals surface area (Å²) in [4.78, 5) is 25.0. The van der Waals surface area contributed by atoms with Crippen LogP contribution in [0.5, 0.6) is 0 Å². The number of amides is 1. The third-order valence-electron chi connectivity index (χ3n) is 3.06. The third kappa shape index (κ3) is 3.63. The van der Waals surface area contributed by atoms with Crippen molar-refractivity contribution in [3.8, 4) is 0 Å². The van der Waals surface area contributed by atoms with Crippen LogP contribution in [-0.2, 0) is 4.79 Å². The van der Waals surface area contributed by atoms with E-state index in [2.05, 4.69) is 0 Å². The predicted octanol–water partition coefficient (Wildman–Crippen LogP) is 2.46. The van der Waals surface area contributed by atoms with Crippen LogP contribution >= 0.6 is 34.4 Å².